The molecular formula is C32H37N3O6. The Labute approximate surface area is 241 Å². The first-order chi connectivity index (χ1) is 20.1. The Hall–Kier alpha value is -3.81. The van der Waals surface area contributed by atoms with Gasteiger partial charge in [0.2, 0.25) is 0 Å². The van der Waals surface area contributed by atoms with Gasteiger partial charge in [-0.05, 0) is 53.9 Å². The molecule has 0 aromatic heterocycles. The smallest absolute Gasteiger partial charge is 0.142 e. The molecule has 5 rings (SSSR count). The summed E-state index contributed by atoms with van der Waals surface area (Å²) in [5.74, 6) is 2.39. The molecule has 1 fully saturated rings. The van der Waals surface area contributed by atoms with E-state index in [1.165, 1.54) is 7.11 Å². The Morgan fingerprint density at radius 3 is 2.66 bits per heavy atom. The van der Waals surface area contributed by atoms with E-state index in [4.69, 9.17) is 23.7 Å². The number of nitrogens with zero attached hydrogens (tertiary/aromatic N) is 2. The predicted molar refractivity (Wildman–Crippen MR) is 155 cm³/mol. The van der Waals surface area contributed by atoms with Crippen LogP contribution in [-0.4, -0.2) is 70.9 Å². The zero-order valence-corrected chi connectivity index (χ0v) is 23.5. The summed E-state index contributed by atoms with van der Waals surface area (Å²) in [5.41, 5.74) is 3.58. The van der Waals surface area contributed by atoms with Gasteiger partial charge in [0.25, 0.3) is 0 Å². The predicted octanol–water partition coefficient (Wildman–Crippen LogP) is 4.23. The van der Waals surface area contributed by atoms with Crippen LogP contribution in [0, 0.1) is 11.3 Å². The SMILES string of the molecule is COCCCN1CCOc2ccc(COC3CNCC(O)C3c3ccc(Oc4ccc(C#N)c(OC)c4)cc3)cc21. The van der Waals surface area contributed by atoms with Crippen molar-refractivity contribution in [1.82, 2.24) is 5.32 Å². The summed E-state index contributed by atoms with van der Waals surface area (Å²) in [6.07, 6.45) is 0.157. The molecule has 9 nitrogen and oxygen atoms in total. The van der Waals surface area contributed by atoms with Gasteiger partial charge in [-0.3, -0.25) is 0 Å². The van der Waals surface area contributed by atoms with Crippen molar-refractivity contribution >= 4 is 5.69 Å². The number of aliphatic hydroxyl groups is 1. The Bertz CT molecular complexity index is 1340. The van der Waals surface area contributed by atoms with Gasteiger partial charge in [0.1, 0.15) is 35.7 Å². The van der Waals surface area contributed by atoms with Gasteiger partial charge in [-0.25, -0.2) is 0 Å². The summed E-state index contributed by atoms with van der Waals surface area (Å²) in [6, 6.07) is 21.1. The Morgan fingerprint density at radius 1 is 1.05 bits per heavy atom. The maximum Gasteiger partial charge on any atom is 0.142 e. The number of benzene rings is 3. The third-order valence-electron chi connectivity index (χ3n) is 7.53. The number of nitrogens with one attached hydrogen (secondary N) is 1. The molecule has 0 amide bonds. The van der Waals surface area contributed by atoms with Gasteiger partial charge in [-0.15, -0.1) is 0 Å². The largest absolute Gasteiger partial charge is 0.495 e. The van der Waals surface area contributed by atoms with Crippen molar-refractivity contribution in [1.29, 1.82) is 5.26 Å². The number of hydrogen-bond donors (Lipinski definition) is 2. The lowest BCUT2D eigenvalue weighted by Crippen LogP contribution is -2.49. The quantitative estimate of drug-likeness (QED) is 0.334. The first-order valence-electron chi connectivity index (χ1n) is 14.0. The molecular weight excluding hydrogens is 522 g/mol. The normalized spacial score (nSPS) is 20.0. The molecule has 0 radical (unpaired) electrons. The molecule has 0 saturated carbocycles. The number of nitriles is 1. The van der Waals surface area contributed by atoms with Crippen LogP contribution >= 0.6 is 0 Å². The van der Waals surface area contributed by atoms with Crippen LogP contribution in [0.1, 0.15) is 29.0 Å². The third kappa shape index (κ3) is 6.92. The fourth-order valence-corrected chi connectivity index (χ4v) is 5.44. The van der Waals surface area contributed by atoms with Crippen LogP contribution in [0.4, 0.5) is 5.69 Å². The minimum atomic E-state index is -0.587. The number of ether oxygens (including phenoxy) is 5. The van der Waals surface area contributed by atoms with E-state index in [2.05, 4.69) is 22.4 Å². The summed E-state index contributed by atoms with van der Waals surface area (Å²) >= 11 is 0. The van der Waals surface area contributed by atoms with E-state index in [0.717, 1.165) is 48.7 Å². The minimum absolute atomic E-state index is 0.188. The van der Waals surface area contributed by atoms with Crippen molar-refractivity contribution in [3.8, 4) is 29.1 Å². The van der Waals surface area contributed by atoms with Crippen molar-refractivity contribution in [2.75, 3.05) is 58.5 Å². The zero-order chi connectivity index (χ0) is 28.6. The number of anilines is 1. The number of aliphatic hydroxyl groups excluding tert-OH is 1. The van der Waals surface area contributed by atoms with E-state index < -0.39 is 6.10 Å². The number of methoxy groups -OCH3 is 2. The molecule has 3 aromatic carbocycles. The van der Waals surface area contributed by atoms with Crippen LogP contribution in [0.2, 0.25) is 0 Å². The molecule has 41 heavy (non-hydrogen) atoms. The first-order valence-corrected chi connectivity index (χ1v) is 14.0. The molecule has 3 atom stereocenters. The maximum atomic E-state index is 10.9. The van der Waals surface area contributed by atoms with Gasteiger partial charge in [0.05, 0.1) is 43.7 Å². The number of rotatable bonds is 11. The van der Waals surface area contributed by atoms with Gasteiger partial charge in [-0.1, -0.05) is 18.2 Å². The molecule has 0 aliphatic carbocycles. The summed E-state index contributed by atoms with van der Waals surface area (Å²) in [7, 11) is 3.25. The molecule has 2 heterocycles. The second-order valence-corrected chi connectivity index (χ2v) is 10.2. The number of fused-ring (bicyclic) bond motifs is 1. The highest BCUT2D eigenvalue weighted by Gasteiger charge is 2.34. The fraction of sp³-hybridized carbons (Fsp3) is 0.406. The standard InChI is InChI=1S/C32H37N3O6/c1-37-14-3-12-35-13-15-39-29-11-4-22(16-27(29)35)21-40-31-20-34-19-28(36)32(31)23-5-8-25(9-6-23)41-26-10-7-24(18-33)30(17-26)38-2/h4-11,16-17,28,31-32,34,36H,3,12-15,19-21H2,1-2H3. The van der Waals surface area contributed by atoms with Crippen molar-refractivity contribution in [3.63, 3.8) is 0 Å². The van der Waals surface area contributed by atoms with E-state index in [-0.39, 0.29) is 12.0 Å². The first kappa shape index (κ1) is 28.7. The van der Waals surface area contributed by atoms with Crippen LogP contribution in [0.25, 0.3) is 0 Å². The summed E-state index contributed by atoms with van der Waals surface area (Å²) in [5, 5.41) is 23.5. The van der Waals surface area contributed by atoms with Crippen LogP contribution in [0.3, 0.4) is 0 Å². The minimum Gasteiger partial charge on any atom is -0.495 e. The van der Waals surface area contributed by atoms with E-state index >= 15 is 0 Å². The molecule has 3 aromatic rings. The summed E-state index contributed by atoms with van der Waals surface area (Å²) < 4.78 is 28.8. The monoisotopic (exact) mass is 559 g/mol. The van der Waals surface area contributed by atoms with Crippen LogP contribution in [0.15, 0.2) is 60.7 Å². The average Bonchev–Trinajstić information content (AvgIpc) is 3.00. The van der Waals surface area contributed by atoms with Crippen molar-refractivity contribution < 1.29 is 28.8 Å². The molecule has 2 N–H and O–H groups in total. The number of β-amino-alcohol motifs (C(OH)–C–C–N with tert-alkyl or cyclic N) is 1. The molecule has 1 saturated heterocycles. The second kappa shape index (κ2) is 13.7. The van der Waals surface area contributed by atoms with Crippen LogP contribution in [-0.2, 0) is 16.1 Å². The van der Waals surface area contributed by atoms with Gasteiger partial charge in [-0.2, -0.15) is 5.26 Å². The van der Waals surface area contributed by atoms with Crippen molar-refractivity contribution in [2.24, 2.45) is 0 Å². The Morgan fingerprint density at radius 2 is 1.88 bits per heavy atom. The van der Waals surface area contributed by atoms with Crippen LogP contribution < -0.4 is 24.4 Å². The van der Waals surface area contributed by atoms with Crippen LogP contribution in [0.5, 0.6) is 23.0 Å². The van der Waals surface area contributed by atoms with Gasteiger partial charge in [0, 0.05) is 45.3 Å². The van der Waals surface area contributed by atoms with Gasteiger partial charge in [0.15, 0.2) is 0 Å². The zero-order valence-electron chi connectivity index (χ0n) is 23.5. The van der Waals surface area contributed by atoms with Crippen molar-refractivity contribution in [2.45, 2.75) is 31.2 Å². The fourth-order valence-electron chi connectivity index (χ4n) is 5.44. The molecule has 2 aliphatic heterocycles. The topological polar surface area (TPSA) is 105 Å². The highest BCUT2D eigenvalue weighted by Crippen LogP contribution is 2.35. The second-order valence-electron chi connectivity index (χ2n) is 10.2. The number of hydrogen-bond acceptors (Lipinski definition) is 9. The third-order valence-corrected chi connectivity index (χ3v) is 7.53. The Balaban J connectivity index is 1.25. The lowest BCUT2D eigenvalue weighted by molar-refractivity contribution is -0.0328. The molecule has 216 valence electrons. The molecule has 0 bridgehead atoms. The average molecular weight is 560 g/mol. The summed E-state index contributed by atoms with van der Waals surface area (Å²) in [6.45, 7) is 4.73. The number of piperidine rings is 1. The lowest BCUT2D eigenvalue weighted by Gasteiger charge is -2.36. The Kier molecular flexibility index (Phi) is 9.59. The highest BCUT2D eigenvalue weighted by atomic mass is 16.5. The maximum absolute atomic E-state index is 10.9. The molecule has 0 spiro atoms. The molecule has 9 heteroatoms. The molecule has 2 aliphatic rings. The van der Waals surface area contributed by atoms with Gasteiger partial charge >= 0.3 is 0 Å². The van der Waals surface area contributed by atoms with E-state index in [0.29, 0.717) is 49.1 Å². The molecule has 3 unspecified atom stereocenters. The van der Waals surface area contributed by atoms with E-state index in [1.54, 1.807) is 25.3 Å². The lowest BCUT2D eigenvalue weighted by atomic mass is 9.85. The van der Waals surface area contributed by atoms with E-state index in [9.17, 15) is 10.4 Å². The summed E-state index contributed by atoms with van der Waals surface area (Å²) in [4.78, 5) is 2.34. The van der Waals surface area contributed by atoms with E-state index in [1.807, 2.05) is 36.4 Å². The highest BCUT2D eigenvalue weighted by molar-refractivity contribution is 5.61. The van der Waals surface area contributed by atoms with Gasteiger partial charge < -0.3 is 39.0 Å². The van der Waals surface area contributed by atoms with Crippen molar-refractivity contribution in [3.05, 3.63) is 77.4 Å².